The fourth-order valence-corrected chi connectivity index (χ4v) is 13.8. The molecule has 0 unspecified atom stereocenters. The van der Waals surface area contributed by atoms with Crippen molar-refractivity contribution in [2.75, 3.05) is 0 Å². The molecular weight excluding hydrogens is 943 g/mol. The molecule has 0 saturated heterocycles. The molecule has 0 spiro atoms. The third-order valence-corrected chi connectivity index (χ3v) is 16.9. The quantitative estimate of drug-likeness (QED) is 0.165. The maximum absolute atomic E-state index is 11.2. The first-order valence-corrected chi connectivity index (χ1v) is 25.9. The zero-order valence-electron chi connectivity index (χ0n) is 39.2. The van der Waals surface area contributed by atoms with Gasteiger partial charge in [-0.15, -0.1) is 22.7 Å². The maximum Gasteiger partial charge on any atom is 0.167 e. The molecule has 0 bridgehead atoms. The SMILES string of the molecule is N#Cc1ccc(-c2cccc(-n3c4ccccc4c4c5sc6ccccc6c5ccc43)c2-c2nc(-c3ccccc3)nc(-c3c(C#N)cccc3-n3c4ccccc4c4c5sc6ccccc6c5ccc43)n2)cc1. The van der Waals surface area contributed by atoms with Gasteiger partial charge in [0.2, 0.25) is 0 Å². The Kier molecular flexibility index (Phi) is 9.29. The third kappa shape index (κ3) is 6.18. The number of hydrogen-bond acceptors (Lipinski definition) is 7. The van der Waals surface area contributed by atoms with Crippen molar-refractivity contribution in [2.24, 2.45) is 0 Å². The summed E-state index contributed by atoms with van der Waals surface area (Å²) in [5, 5.41) is 30.6. The number of rotatable bonds is 6. The molecule has 5 heterocycles. The zero-order valence-corrected chi connectivity index (χ0v) is 40.8. The van der Waals surface area contributed by atoms with Crippen molar-refractivity contribution < 1.29 is 0 Å². The molecule has 0 aliphatic carbocycles. The van der Waals surface area contributed by atoms with Crippen LogP contribution < -0.4 is 0 Å². The number of nitriles is 2. The van der Waals surface area contributed by atoms with Crippen LogP contribution in [-0.4, -0.2) is 24.1 Å². The minimum atomic E-state index is 0.365. The van der Waals surface area contributed by atoms with E-state index in [-0.39, 0.29) is 0 Å². The number of benzene rings is 10. The van der Waals surface area contributed by atoms with Gasteiger partial charge in [0, 0.05) is 67.5 Å². The second-order valence-corrected chi connectivity index (χ2v) is 20.6. The molecule has 9 heteroatoms. The van der Waals surface area contributed by atoms with Crippen molar-refractivity contribution in [2.45, 2.75) is 0 Å². The van der Waals surface area contributed by atoms with E-state index in [0.29, 0.717) is 34.2 Å². The Morgan fingerprint density at radius 3 is 1.43 bits per heavy atom. The molecule has 5 aromatic heterocycles. The van der Waals surface area contributed by atoms with Crippen LogP contribution in [0.15, 0.2) is 212 Å². The Morgan fingerprint density at radius 1 is 0.351 bits per heavy atom. The van der Waals surface area contributed by atoms with Crippen LogP contribution in [0.4, 0.5) is 0 Å². The second kappa shape index (κ2) is 16.4. The molecule has 0 amide bonds. The Hall–Kier alpha value is -9.77. The lowest BCUT2D eigenvalue weighted by molar-refractivity contribution is 1.06. The molecule has 0 atom stereocenters. The predicted molar refractivity (Wildman–Crippen MR) is 305 cm³/mol. The van der Waals surface area contributed by atoms with Crippen LogP contribution >= 0.6 is 22.7 Å². The van der Waals surface area contributed by atoms with E-state index in [1.54, 1.807) is 0 Å². The topological polar surface area (TPSA) is 96.1 Å². The van der Waals surface area contributed by atoms with Gasteiger partial charge in [-0.3, -0.25) is 0 Å². The van der Waals surface area contributed by atoms with Crippen LogP contribution in [0.3, 0.4) is 0 Å². The highest BCUT2D eigenvalue weighted by atomic mass is 32.1. The molecule has 0 N–H and O–H groups in total. The number of para-hydroxylation sites is 2. The predicted octanol–water partition coefficient (Wildman–Crippen LogP) is 17.2. The monoisotopic (exact) mass is 977 g/mol. The van der Waals surface area contributed by atoms with Gasteiger partial charge in [0.05, 0.1) is 67.8 Å². The summed E-state index contributed by atoms with van der Waals surface area (Å²) < 4.78 is 9.56. The highest BCUT2D eigenvalue weighted by Gasteiger charge is 2.27. The first kappa shape index (κ1) is 42.0. The van der Waals surface area contributed by atoms with Crippen LogP contribution in [0.5, 0.6) is 0 Å². The van der Waals surface area contributed by atoms with Crippen molar-refractivity contribution in [3.8, 4) is 68.8 Å². The van der Waals surface area contributed by atoms with Crippen LogP contribution in [-0.2, 0) is 0 Å². The van der Waals surface area contributed by atoms with Crippen molar-refractivity contribution in [3.63, 3.8) is 0 Å². The molecule has 15 aromatic rings. The summed E-state index contributed by atoms with van der Waals surface area (Å²) in [5.74, 6) is 1.27. The van der Waals surface area contributed by atoms with E-state index >= 15 is 0 Å². The molecule has 0 fully saturated rings. The molecular formula is C65H35N7S2. The largest absolute Gasteiger partial charge is 0.308 e. The lowest BCUT2D eigenvalue weighted by Crippen LogP contribution is -2.07. The van der Waals surface area contributed by atoms with Gasteiger partial charge < -0.3 is 9.13 Å². The van der Waals surface area contributed by atoms with Gasteiger partial charge in [-0.2, -0.15) is 10.5 Å². The Bertz CT molecular complexity index is 4930. The lowest BCUT2D eigenvalue weighted by atomic mass is 9.96. The number of hydrogen-bond donors (Lipinski definition) is 0. The Balaban J connectivity index is 1.05. The van der Waals surface area contributed by atoms with Gasteiger partial charge in [0.25, 0.3) is 0 Å². The zero-order chi connectivity index (χ0) is 49.0. The highest BCUT2D eigenvalue weighted by Crippen LogP contribution is 2.48. The van der Waals surface area contributed by atoms with Gasteiger partial charge >= 0.3 is 0 Å². The summed E-state index contributed by atoms with van der Waals surface area (Å²) >= 11 is 3.63. The van der Waals surface area contributed by atoms with Gasteiger partial charge in [-0.1, -0.05) is 146 Å². The third-order valence-electron chi connectivity index (χ3n) is 14.5. The van der Waals surface area contributed by atoms with Crippen LogP contribution in [0.2, 0.25) is 0 Å². The summed E-state index contributed by atoms with van der Waals surface area (Å²) in [7, 11) is 0. The van der Waals surface area contributed by atoms with Gasteiger partial charge in [-0.25, -0.2) is 15.0 Å². The van der Waals surface area contributed by atoms with E-state index < -0.39 is 0 Å². The number of aromatic nitrogens is 5. The minimum Gasteiger partial charge on any atom is -0.308 e. The fraction of sp³-hybridized carbons (Fsp3) is 0. The molecule has 0 radical (unpaired) electrons. The van der Waals surface area contributed by atoms with E-state index in [9.17, 15) is 10.5 Å². The summed E-state index contributed by atoms with van der Waals surface area (Å²) in [4.78, 5) is 16.4. The minimum absolute atomic E-state index is 0.365. The number of nitrogens with zero attached hydrogens (tertiary/aromatic N) is 7. The number of thiophene rings is 2. The molecule has 10 aromatic carbocycles. The van der Waals surface area contributed by atoms with E-state index in [0.717, 1.165) is 71.9 Å². The van der Waals surface area contributed by atoms with Gasteiger partial charge in [0.1, 0.15) is 0 Å². The van der Waals surface area contributed by atoms with Crippen molar-refractivity contribution >= 4 is 107 Å². The van der Waals surface area contributed by atoms with E-state index in [4.69, 9.17) is 15.0 Å². The van der Waals surface area contributed by atoms with E-state index in [1.165, 1.54) is 45.7 Å². The summed E-state index contributed by atoms with van der Waals surface area (Å²) in [5.41, 5.74) is 10.7. The van der Waals surface area contributed by atoms with Gasteiger partial charge in [0.15, 0.2) is 17.5 Å². The van der Waals surface area contributed by atoms with E-state index in [2.05, 4.69) is 167 Å². The van der Waals surface area contributed by atoms with Crippen molar-refractivity contribution in [1.82, 2.24) is 24.1 Å². The lowest BCUT2D eigenvalue weighted by Gasteiger charge is -2.19. The Labute approximate surface area is 431 Å². The Morgan fingerprint density at radius 2 is 0.851 bits per heavy atom. The van der Waals surface area contributed by atoms with Crippen molar-refractivity contribution in [1.29, 1.82) is 10.5 Å². The molecule has 15 rings (SSSR count). The standard InChI is InChI=1S/C65H35N7S2/c66-36-38-28-30-39(31-29-38)42-21-13-25-52(72-50-23-9-5-20-48(50)59-54(72)35-33-46-44-18-7-11-27-56(44)74-62(46)59)60(42)65-69-63(40-14-2-1-3-15-40)68-64(70-65)57-41(37-67)16-12-24-51(57)71-49-22-8-4-19-47(49)58-53(71)34-32-45-43-17-6-10-26-55(43)73-61(45)58/h1-35H. The van der Waals surface area contributed by atoms with Crippen molar-refractivity contribution in [3.05, 3.63) is 223 Å². The first-order chi connectivity index (χ1) is 36.6. The molecule has 74 heavy (non-hydrogen) atoms. The molecule has 0 saturated carbocycles. The average Bonchev–Trinajstić information content (AvgIpc) is 4.27. The van der Waals surface area contributed by atoms with Gasteiger partial charge in [-0.05, 0) is 77.9 Å². The van der Waals surface area contributed by atoms with Crippen LogP contribution in [0, 0.1) is 22.7 Å². The maximum atomic E-state index is 11.2. The first-order valence-electron chi connectivity index (χ1n) is 24.3. The highest BCUT2D eigenvalue weighted by molar-refractivity contribution is 7.27. The molecule has 7 nitrogen and oxygen atoms in total. The summed E-state index contributed by atoms with van der Waals surface area (Å²) in [6, 6.07) is 78.1. The molecule has 342 valence electrons. The van der Waals surface area contributed by atoms with Crippen LogP contribution in [0.1, 0.15) is 11.1 Å². The van der Waals surface area contributed by atoms with Crippen LogP contribution in [0.25, 0.3) is 141 Å². The summed E-state index contributed by atoms with van der Waals surface area (Å²) in [6.45, 7) is 0. The number of fused-ring (bicyclic) bond motifs is 14. The molecule has 0 aliphatic rings. The summed E-state index contributed by atoms with van der Waals surface area (Å²) in [6.07, 6.45) is 0. The smallest absolute Gasteiger partial charge is 0.167 e. The average molecular weight is 978 g/mol. The second-order valence-electron chi connectivity index (χ2n) is 18.4. The fourth-order valence-electron chi connectivity index (χ4n) is 11.3. The molecule has 0 aliphatic heterocycles. The van der Waals surface area contributed by atoms with E-state index in [1.807, 2.05) is 89.4 Å². The normalized spacial score (nSPS) is 11.8.